The molecular formula is C15H24N2O4. The zero-order valence-corrected chi connectivity index (χ0v) is 12.9. The van der Waals surface area contributed by atoms with E-state index >= 15 is 0 Å². The molecular weight excluding hydrogens is 272 g/mol. The zero-order valence-electron chi connectivity index (χ0n) is 12.9. The Balaban J connectivity index is 2.62. The SMILES string of the molecule is C#CC(CC)(CC)NC(=O)CN(C)C1COCC1C(=O)O. The topological polar surface area (TPSA) is 78.9 Å². The molecule has 1 rings (SSSR count). The molecule has 0 saturated carbocycles. The first-order valence-corrected chi connectivity index (χ1v) is 7.18. The van der Waals surface area contributed by atoms with Crippen LogP contribution in [-0.2, 0) is 14.3 Å². The number of carbonyl (C=O) groups is 2. The van der Waals surface area contributed by atoms with Gasteiger partial charge in [0.05, 0.1) is 25.7 Å². The van der Waals surface area contributed by atoms with E-state index in [0.29, 0.717) is 19.4 Å². The summed E-state index contributed by atoms with van der Waals surface area (Å²) in [5.41, 5.74) is -0.629. The Kier molecular flexibility index (Phi) is 6.19. The third-order valence-corrected chi connectivity index (χ3v) is 4.19. The molecule has 0 aliphatic carbocycles. The van der Waals surface area contributed by atoms with Gasteiger partial charge in [0.2, 0.25) is 5.91 Å². The van der Waals surface area contributed by atoms with Crippen LogP contribution in [0.4, 0.5) is 0 Å². The van der Waals surface area contributed by atoms with E-state index in [2.05, 4.69) is 11.2 Å². The van der Waals surface area contributed by atoms with Gasteiger partial charge < -0.3 is 15.2 Å². The second-order valence-corrected chi connectivity index (χ2v) is 5.45. The first-order chi connectivity index (χ1) is 9.89. The highest BCUT2D eigenvalue weighted by Crippen LogP contribution is 2.19. The average Bonchev–Trinajstić information content (AvgIpc) is 2.94. The van der Waals surface area contributed by atoms with Crippen molar-refractivity contribution in [3.8, 4) is 12.3 Å². The Bertz CT molecular complexity index is 426. The van der Waals surface area contributed by atoms with Gasteiger partial charge in [0.25, 0.3) is 0 Å². The standard InChI is InChI=1S/C15H24N2O4/c1-5-15(6-2,7-3)16-13(18)8-17(4)12-10-21-9-11(12)14(19)20/h1,11-12H,6-10H2,2-4H3,(H,16,18)(H,19,20). The van der Waals surface area contributed by atoms with Crippen LogP contribution in [0.5, 0.6) is 0 Å². The van der Waals surface area contributed by atoms with Gasteiger partial charge in [-0.05, 0) is 19.9 Å². The van der Waals surface area contributed by atoms with E-state index in [4.69, 9.17) is 16.3 Å². The number of likely N-dealkylation sites (N-methyl/N-ethyl adjacent to an activating group) is 1. The lowest BCUT2D eigenvalue weighted by Gasteiger charge is -2.30. The Labute approximate surface area is 125 Å². The number of hydrogen-bond donors (Lipinski definition) is 2. The number of nitrogens with one attached hydrogen (secondary N) is 1. The highest BCUT2D eigenvalue weighted by molar-refractivity contribution is 5.79. The van der Waals surface area contributed by atoms with Gasteiger partial charge >= 0.3 is 5.97 Å². The molecule has 1 aliphatic rings. The van der Waals surface area contributed by atoms with E-state index in [-0.39, 0.29) is 25.1 Å². The highest BCUT2D eigenvalue weighted by Gasteiger charge is 2.37. The lowest BCUT2D eigenvalue weighted by atomic mass is 9.94. The molecule has 1 fully saturated rings. The van der Waals surface area contributed by atoms with Gasteiger partial charge in [-0.25, -0.2) is 0 Å². The number of carbonyl (C=O) groups excluding carboxylic acids is 1. The average molecular weight is 296 g/mol. The van der Waals surface area contributed by atoms with Crippen molar-refractivity contribution in [3.05, 3.63) is 0 Å². The van der Waals surface area contributed by atoms with Crippen LogP contribution < -0.4 is 5.32 Å². The van der Waals surface area contributed by atoms with Crippen LogP contribution in [0.2, 0.25) is 0 Å². The molecule has 1 aliphatic heterocycles. The number of hydrogen-bond acceptors (Lipinski definition) is 4. The predicted molar refractivity (Wildman–Crippen MR) is 78.7 cm³/mol. The second-order valence-electron chi connectivity index (χ2n) is 5.45. The molecule has 1 heterocycles. The summed E-state index contributed by atoms with van der Waals surface area (Å²) < 4.78 is 5.21. The fourth-order valence-corrected chi connectivity index (χ4v) is 2.53. The molecule has 0 spiro atoms. The maximum Gasteiger partial charge on any atom is 0.310 e. The van der Waals surface area contributed by atoms with Crippen LogP contribution in [-0.4, -0.2) is 60.3 Å². The molecule has 2 unspecified atom stereocenters. The maximum absolute atomic E-state index is 12.1. The van der Waals surface area contributed by atoms with Gasteiger partial charge in [-0.2, -0.15) is 0 Å². The number of carboxylic acid groups (broad SMARTS) is 1. The molecule has 118 valence electrons. The van der Waals surface area contributed by atoms with Crippen molar-refractivity contribution < 1.29 is 19.4 Å². The monoisotopic (exact) mass is 296 g/mol. The quantitative estimate of drug-likeness (QED) is 0.662. The third-order valence-electron chi connectivity index (χ3n) is 4.19. The van der Waals surface area contributed by atoms with Crippen LogP contribution >= 0.6 is 0 Å². The van der Waals surface area contributed by atoms with E-state index in [1.54, 1.807) is 11.9 Å². The minimum Gasteiger partial charge on any atom is -0.481 e. The van der Waals surface area contributed by atoms with Crippen LogP contribution in [0, 0.1) is 18.3 Å². The molecule has 0 bridgehead atoms. The summed E-state index contributed by atoms with van der Waals surface area (Å²) in [5.74, 6) is 0.950. The summed E-state index contributed by atoms with van der Waals surface area (Å²) in [6.07, 6.45) is 6.82. The number of ether oxygens (including phenoxy) is 1. The van der Waals surface area contributed by atoms with E-state index in [1.807, 2.05) is 13.8 Å². The van der Waals surface area contributed by atoms with Crippen molar-refractivity contribution in [1.29, 1.82) is 0 Å². The molecule has 1 saturated heterocycles. The van der Waals surface area contributed by atoms with Crippen molar-refractivity contribution in [1.82, 2.24) is 10.2 Å². The molecule has 21 heavy (non-hydrogen) atoms. The lowest BCUT2D eigenvalue weighted by Crippen LogP contribution is -2.52. The fraction of sp³-hybridized carbons (Fsp3) is 0.733. The number of terminal acetylenes is 1. The van der Waals surface area contributed by atoms with E-state index in [1.165, 1.54) is 0 Å². The predicted octanol–water partition coefficient (Wildman–Crippen LogP) is 0.326. The lowest BCUT2D eigenvalue weighted by molar-refractivity contribution is -0.143. The summed E-state index contributed by atoms with van der Waals surface area (Å²) >= 11 is 0. The highest BCUT2D eigenvalue weighted by atomic mass is 16.5. The van der Waals surface area contributed by atoms with Crippen LogP contribution in [0.1, 0.15) is 26.7 Å². The van der Waals surface area contributed by atoms with Crippen molar-refractivity contribution in [2.24, 2.45) is 5.92 Å². The van der Waals surface area contributed by atoms with Gasteiger partial charge in [0.1, 0.15) is 5.54 Å². The minimum absolute atomic E-state index is 0.0984. The van der Waals surface area contributed by atoms with Gasteiger partial charge in [-0.3, -0.25) is 14.5 Å². The third kappa shape index (κ3) is 4.19. The van der Waals surface area contributed by atoms with Crippen LogP contribution in [0.25, 0.3) is 0 Å². The van der Waals surface area contributed by atoms with Gasteiger partial charge in [0, 0.05) is 6.04 Å². The molecule has 0 radical (unpaired) electrons. The summed E-state index contributed by atoms with van der Waals surface area (Å²) in [6.45, 7) is 4.46. The van der Waals surface area contributed by atoms with Crippen LogP contribution in [0.15, 0.2) is 0 Å². The number of rotatable bonds is 7. The molecule has 0 aromatic heterocycles. The molecule has 6 heteroatoms. The van der Waals surface area contributed by atoms with Crippen LogP contribution in [0.3, 0.4) is 0 Å². The van der Waals surface area contributed by atoms with E-state index < -0.39 is 17.4 Å². The van der Waals surface area contributed by atoms with Crippen molar-refractivity contribution in [2.75, 3.05) is 26.8 Å². The Morgan fingerprint density at radius 1 is 1.43 bits per heavy atom. The Morgan fingerprint density at radius 3 is 2.52 bits per heavy atom. The molecule has 6 nitrogen and oxygen atoms in total. The minimum atomic E-state index is -0.898. The summed E-state index contributed by atoms with van der Waals surface area (Å²) in [6, 6.07) is -0.295. The molecule has 0 aromatic carbocycles. The Hall–Kier alpha value is -1.58. The van der Waals surface area contributed by atoms with Crippen molar-refractivity contribution >= 4 is 11.9 Å². The molecule has 2 atom stereocenters. The first kappa shape index (κ1) is 17.5. The number of amides is 1. The maximum atomic E-state index is 12.1. The van der Waals surface area contributed by atoms with Crippen molar-refractivity contribution in [2.45, 2.75) is 38.3 Å². The second kappa shape index (κ2) is 7.43. The van der Waals surface area contributed by atoms with Gasteiger partial charge in [-0.1, -0.05) is 19.8 Å². The normalized spacial score (nSPS) is 22.0. The molecule has 0 aromatic rings. The molecule has 1 amide bonds. The zero-order chi connectivity index (χ0) is 16.0. The molecule has 2 N–H and O–H groups in total. The Morgan fingerprint density at radius 2 is 2.05 bits per heavy atom. The summed E-state index contributed by atoms with van der Waals surface area (Å²) in [5, 5.41) is 12.0. The first-order valence-electron chi connectivity index (χ1n) is 7.18. The number of aliphatic carboxylic acids is 1. The summed E-state index contributed by atoms with van der Waals surface area (Å²) in [4.78, 5) is 25.0. The summed E-state index contributed by atoms with van der Waals surface area (Å²) in [7, 11) is 1.73. The van der Waals surface area contributed by atoms with Gasteiger partial charge in [0.15, 0.2) is 0 Å². The number of carboxylic acids is 1. The van der Waals surface area contributed by atoms with E-state index in [0.717, 1.165) is 0 Å². The smallest absolute Gasteiger partial charge is 0.310 e. The largest absolute Gasteiger partial charge is 0.481 e. The van der Waals surface area contributed by atoms with Gasteiger partial charge in [-0.15, -0.1) is 6.42 Å². The fourth-order valence-electron chi connectivity index (χ4n) is 2.53. The van der Waals surface area contributed by atoms with Crippen molar-refractivity contribution in [3.63, 3.8) is 0 Å². The van der Waals surface area contributed by atoms with E-state index in [9.17, 15) is 9.59 Å². The number of nitrogens with zero attached hydrogens (tertiary/aromatic N) is 1.